The third kappa shape index (κ3) is 3.39. The maximum atomic E-state index is 5.22. The molecule has 1 aromatic heterocycles. The molecule has 0 aliphatic carbocycles. The number of rotatable bonds is 3. The van der Waals surface area contributed by atoms with Crippen LogP contribution in [0.25, 0.3) is 0 Å². The Balaban J connectivity index is 1.82. The van der Waals surface area contributed by atoms with Gasteiger partial charge in [-0.25, -0.2) is 0 Å². The molecule has 0 spiro atoms. The average molecular weight is 287 g/mol. The second-order valence-corrected chi connectivity index (χ2v) is 4.99. The molecule has 0 fully saturated rings. The Hall–Kier alpha value is -2.92. The molecule has 0 saturated carbocycles. The zero-order valence-electron chi connectivity index (χ0n) is 12.5. The summed E-state index contributed by atoms with van der Waals surface area (Å²) in [4.78, 5) is 0. The van der Waals surface area contributed by atoms with Gasteiger partial charge < -0.3 is 9.30 Å². The Kier molecular flexibility index (Phi) is 4.27. The number of ether oxygens (including phenoxy) is 1. The molecule has 0 bridgehead atoms. The highest BCUT2D eigenvalue weighted by atomic mass is 16.5. The molecule has 2 heteroatoms. The molecule has 1 heterocycles. The van der Waals surface area contributed by atoms with Gasteiger partial charge in [-0.05, 0) is 41.8 Å². The number of aromatic nitrogens is 1. The van der Waals surface area contributed by atoms with E-state index in [2.05, 4.69) is 46.9 Å². The summed E-state index contributed by atoms with van der Waals surface area (Å²) in [6, 6.07) is 22.3. The minimum atomic E-state index is 0.825. The van der Waals surface area contributed by atoms with E-state index in [1.54, 1.807) is 7.11 Å². The van der Waals surface area contributed by atoms with E-state index in [0.29, 0.717) is 0 Å². The highest BCUT2D eigenvalue weighted by Gasteiger charge is 1.99. The Bertz CT molecular complexity index is 806. The lowest BCUT2D eigenvalue weighted by Gasteiger charge is -2.05. The number of hydrogen-bond acceptors (Lipinski definition) is 1. The quantitative estimate of drug-likeness (QED) is 0.665. The molecule has 0 amide bonds. The second-order valence-electron chi connectivity index (χ2n) is 4.99. The van der Waals surface area contributed by atoms with Gasteiger partial charge in [0.05, 0.1) is 12.8 Å². The topological polar surface area (TPSA) is 14.2 Å². The highest BCUT2D eigenvalue weighted by molar-refractivity contribution is 5.44. The van der Waals surface area contributed by atoms with Crippen molar-refractivity contribution in [1.82, 2.24) is 4.57 Å². The van der Waals surface area contributed by atoms with Crippen LogP contribution in [0.3, 0.4) is 0 Å². The van der Waals surface area contributed by atoms with E-state index >= 15 is 0 Å². The number of hydrogen-bond donors (Lipinski definition) is 0. The molecule has 108 valence electrons. The molecular formula is C20H17NO. The first-order valence-electron chi connectivity index (χ1n) is 7.20. The molecule has 0 N–H and O–H groups in total. The molecule has 0 radical (unpaired) electrons. The first-order chi connectivity index (χ1) is 10.8. The fraction of sp³-hybridized carbons (Fsp3) is 0.100. The lowest BCUT2D eigenvalue weighted by Crippen LogP contribution is -2.00. The molecule has 3 rings (SSSR count). The van der Waals surface area contributed by atoms with Crippen LogP contribution in [-0.4, -0.2) is 11.7 Å². The Morgan fingerprint density at radius 2 is 1.77 bits per heavy atom. The summed E-state index contributed by atoms with van der Waals surface area (Å²) in [5.74, 6) is 7.26. The van der Waals surface area contributed by atoms with Crippen LogP contribution in [0.2, 0.25) is 0 Å². The number of methoxy groups -OCH3 is 1. The van der Waals surface area contributed by atoms with E-state index in [1.165, 1.54) is 5.56 Å². The Morgan fingerprint density at radius 1 is 0.909 bits per heavy atom. The smallest absolute Gasteiger partial charge is 0.120 e. The summed E-state index contributed by atoms with van der Waals surface area (Å²) in [7, 11) is 1.66. The van der Waals surface area contributed by atoms with Crippen LogP contribution in [0.15, 0.2) is 72.9 Å². The maximum absolute atomic E-state index is 5.22. The van der Waals surface area contributed by atoms with E-state index in [9.17, 15) is 0 Å². The average Bonchev–Trinajstić information content (AvgIpc) is 3.01. The van der Waals surface area contributed by atoms with Crippen molar-refractivity contribution in [3.05, 3.63) is 89.7 Å². The highest BCUT2D eigenvalue weighted by Crippen LogP contribution is 2.12. The van der Waals surface area contributed by atoms with Crippen molar-refractivity contribution in [2.45, 2.75) is 6.54 Å². The predicted octanol–water partition coefficient (Wildman–Crippen LogP) is 3.94. The summed E-state index contributed by atoms with van der Waals surface area (Å²) in [6.07, 6.45) is 2.06. The minimum Gasteiger partial charge on any atom is -0.497 e. The van der Waals surface area contributed by atoms with Gasteiger partial charge in [-0.1, -0.05) is 42.3 Å². The van der Waals surface area contributed by atoms with Crippen LogP contribution in [0.4, 0.5) is 0 Å². The first-order valence-corrected chi connectivity index (χ1v) is 7.20. The standard InChI is InChI=1S/C20H17NO/c1-22-20-11-5-9-17(15-20)12-13-19-10-6-14-21(19)16-18-7-3-2-4-8-18/h2-11,14-15H,16H2,1H3. The van der Waals surface area contributed by atoms with Crippen LogP contribution in [0, 0.1) is 11.8 Å². The van der Waals surface area contributed by atoms with E-state index < -0.39 is 0 Å². The van der Waals surface area contributed by atoms with Crippen LogP contribution < -0.4 is 4.74 Å². The van der Waals surface area contributed by atoms with Gasteiger partial charge in [0, 0.05) is 18.3 Å². The minimum absolute atomic E-state index is 0.825. The molecule has 0 atom stereocenters. The van der Waals surface area contributed by atoms with Gasteiger partial charge in [-0.15, -0.1) is 0 Å². The van der Waals surface area contributed by atoms with Gasteiger partial charge >= 0.3 is 0 Å². The lowest BCUT2D eigenvalue weighted by atomic mass is 10.2. The van der Waals surface area contributed by atoms with E-state index in [-0.39, 0.29) is 0 Å². The summed E-state index contributed by atoms with van der Waals surface area (Å²) in [5.41, 5.74) is 3.22. The molecule has 2 aromatic carbocycles. The van der Waals surface area contributed by atoms with Crippen LogP contribution in [0.1, 0.15) is 16.8 Å². The van der Waals surface area contributed by atoms with E-state index in [1.807, 2.05) is 42.5 Å². The fourth-order valence-electron chi connectivity index (χ4n) is 2.28. The summed E-state index contributed by atoms with van der Waals surface area (Å²) in [5, 5.41) is 0. The molecule has 0 aliphatic heterocycles. The van der Waals surface area contributed by atoms with Crippen molar-refractivity contribution in [3.63, 3.8) is 0 Å². The van der Waals surface area contributed by atoms with Crippen molar-refractivity contribution in [2.75, 3.05) is 7.11 Å². The van der Waals surface area contributed by atoms with Crippen LogP contribution in [0.5, 0.6) is 5.75 Å². The molecule has 22 heavy (non-hydrogen) atoms. The SMILES string of the molecule is COc1cccc(C#Cc2cccn2Cc2ccccc2)c1. The summed E-state index contributed by atoms with van der Waals surface area (Å²) < 4.78 is 7.38. The predicted molar refractivity (Wildman–Crippen MR) is 89.0 cm³/mol. The van der Waals surface area contributed by atoms with Crippen LogP contribution in [-0.2, 0) is 6.54 Å². The van der Waals surface area contributed by atoms with Gasteiger partial charge in [-0.2, -0.15) is 0 Å². The van der Waals surface area contributed by atoms with Crippen molar-refractivity contribution in [3.8, 4) is 17.6 Å². The molecule has 3 aromatic rings. The van der Waals surface area contributed by atoms with Gasteiger partial charge in [0.1, 0.15) is 5.75 Å². The number of benzene rings is 2. The molecule has 2 nitrogen and oxygen atoms in total. The van der Waals surface area contributed by atoms with Gasteiger partial charge in [0.15, 0.2) is 0 Å². The summed E-state index contributed by atoms with van der Waals surface area (Å²) in [6.45, 7) is 0.829. The van der Waals surface area contributed by atoms with Crippen molar-refractivity contribution >= 4 is 0 Å². The van der Waals surface area contributed by atoms with Crippen molar-refractivity contribution in [1.29, 1.82) is 0 Å². The monoisotopic (exact) mass is 287 g/mol. The zero-order valence-corrected chi connectivity index (χ0v) is 12.5. The second kappa shape index (κ2) is 6.69. The molecule has 0 saturated heterocycles. The molecule has 0 unspecified atom stereocenters. The van der Waals surface area contributed by atoms with Gasteiger partial charge in [-0.3, -0.25) is 0 Å². The van der Waals surface area contributed by atoms with Crippen molar-refractivity contribution < 1.29 is 4.74 Å². The zero-order chi connectivity index (χ0) is 15.2. The van der Waals surface area contributed by atoms with E-state index in [4.69, 9.17) is 4.74 Å². The largest absolute Gasteiger partial charge is 0.497 e. The molecular weight excluding hydrogens is 270 g/mol. The third-order valence-electron chi connectivity index (χ3n) is 3.43. The lowest BCUT2D eigenvalue weighted by molar-refractivity contribution is 0.414. The first kappa shape index (κ1) is 14.0. The van der Waals surface area contributed by atoms with Crippen molar-refractivity contribution in [2.24, 2.45) is 0 Å². The number of nitrogens with zero attached hydrogens (tertiary/aromatic N) is 1. The Morgan fingerprint density at radius 3 is 2.59 bits per heavy atom. The fourth-order valence-corrected chi connectivity index (χ4v) is 2.28. The Labute approximate surface area is 131 Å². The normalized spacial score (nSPS) is 9.86. The third-order valence-corrected chi connectivity index (χ3v) is 3.43. The van der Waals surface area contributed by atoms with Crippen LogP contribution >= 0.6 is 0 Å². The molecule has 0 aliphatic rings. The van der Waals surface area contributed by atoms with E-state index in [0.717, 1.165) is 23.6 Å². The van der Waals surface area contributed by atoms with Gasteiger partial charge in [0.2, 0.25) is 0 Å². The summed E-state index contributed by atoms with van der Waals surface area (Å²) >= 11 is 0. The van der Waals surface area contributed by atoms with Gasteiger partial charge in [0.25, 0.3) is 0 Å². The maximum Gasteiger partial charge on any atom is 0.120 e.